The summed E-state index contributed by atoms with van der Waals surface area (Å²) >= 11 is 14.1. The minimum Gasteiger partial charge on any atom is -0.507 e. The molecule has 1 fully saturated rings. The van der Waals surface area contributed by atoms with Crippen molar-refractivity contribution >= 4 is 91.2 Å². The second kappa shape index (κ2) is 16.1. The number of benzene rings is 4. The lowest BCUT2D eigenvalue weighted by Crippen LogP contribution is -2.58. The molecule has 3 aliphatic rings. The van der Waals surface area contributed by atoms with E-state index in [4.69, 9.17) is 42.1 Å². The van der Waals surface area contributed by atoms with Crippen LogP contribution in [0.25, 0.3) is 21.5 Å². The topological polar surface area (TPSA) is 132 Å². The first-order chi connectivity index (χ1) is 27.9. The van der Waals surface area contributed by atoms with E-state index in [1.54, 1.807) is 34.1 Å². The largest absolute Gasteiger partial charge is 0.507 e. The fourth-order valence-corrected chi connectivity index (χ4v) is 10.2. The van der Waals surface area contributed by atoms with Crippen LogP contribution in [0.3, 0.4) is 0 Å². The quantitative estimate of drug-likeness (QED) is 0.114. The predicted molar refractivity (Wildman–Crippen MR) is 224 cm³/mol. The van der Waals surface area contributed by atoms with Gasteiger partial charge in [-0.15, -0.1) is 34.5 Å². The van der Waals surface area contributed by atoms with Crippen LogP contribution in [0.5, 0.6) is 11.5 Å². The Morgan fingerprint density at radius 2 is 1.26 bits per heavy atom. The molecular weight excluding hydrogens is 803 g/mol. The van der Waals surface area contributed by atoms with Gasteiger partial charge in [-0.2, -0.15) is 0 Å². The number of phenolic OH excluding ortho intramolecular Hbond substituents is 1. The molecule has 4 heterocycles. The van der Waals surface area contributed by atoms with Gasteiger partial charge in [0.1, 0.15) is 17.6 Å². The maximum Gasteiger partial charge on any atom is 0.303 e. The number of halogens is 2. The lowest BCUT2D eigenvalue weighted by molar-refractivity contribution is -0.266. The Morgan fingerprint density at radius 1 is 0.759 bits per heavy atom. The summed E-state index contributed by atoms with van der Waals surface area (Å²) in [5.41, 5.74) is 2.98. The number of phenols is 1. The van der Waals surface area contributed by atoms with Gasteiger partial charge >= 0.3 is 11.9 Å². The maximum absolute atomic E-state index is 14.5. The molecular formula is C44H42Cl2N2O9S. The van der Waals surface area contributed by atoms with E-state index in [1.807, 2.05) is 62.4 Å². The van der Waals surface area contributed by atoms with Crippen LogP contribution in [0.2, 0.25) is 0 Å². The van der Waals surface area contributed by atoms with Crippen LogP contribution < -0.4 is 14.5 Å². The number of thiophene rings is 1. The number of carbonyl (C=O) groups excluding carboxylic acids is 4. The maximum atomic E-state index is 14.5. The third kappa shape index (κ3) is 6.93. The molecule has 1 aromatic heterocycles. The Labute approximate surface area is 349 Å². The minimum absolute atomic E-state index is 0.0720. The molecule has 2 amide bonds. The minimum atomic E-state index is -1.15. The second-order valence-corrected chi connectivity index (χ2v) is 16.7. The van der Waals surface area contributed by atoms with Crippen molar-refractivity contribution in [1.29, 1.82) is 0 Å². The molecule has 1 N–H and O–H groups in total. The number of alkyl halides is 2. The second-order valence-electron chi connectivity index (χ2n) is 15.0. The van der Waals surface area contributed by atoms with Crippen LogP contribution in [0.1, 0.15) is 76.4 Å². The zero-order valence-corrected chi connectivity index (χ0v) is 34.6. The molecule has 0 bridgehead atoms. The van der Waals surface area contributed by atoms with E-state index in [9.17, 15) is 24.3 Å². The third-order valence-corrected chi connectivity index (χ3v) is 13.2. The van der Waals surface area contributed by atoms with Crippen molar-refractivity contribution in [3.8, 4) is 11.5 Å². The molecule has 0 saturated carbocycles. The molecule has 58 heavy (non-hydrogen) atoms. The zero-order chi connectivity index (χ0) is 41.0. The highest BCUT2D eigenvalue weighted by atomic mass is 35.5. The summed E-state index contributed by atoms with van der Waals surface area (Å²) in [7, 11) is 0. The van der Waals surface area contributed by atoms with Crippen molar-refractivity contribution in [3.63, 3.8) is 0 Å². The van der Waals surface area contributed by atoms with Crippen LogP contribution in [-0.4, -0.2) is 78.3 Å². The van der Waals surface area contributed by atoms with Crippen molar-refractivity contribution in [2.75, 3.05) is 34.6 Å². The smallest absolute Gasteiger partial charge is 0.303 e. The van der Waals surface area contributed by atoms with E-state index in [2.05, 4.69) is 0 Å². The van der Waals surface area contributed by atoms with E-state index in [0.29, 0.717) is 51.1 Å². The van der Waals surface area contributed by atoms with Crippen LogP contribution in [-0.2, 0) is 23.8 Å². The molecule has 8 rings (SSSR count). The number of fused-ring (bicyclic) bond motifs is 6. The van der Waals surface area contributed by atoms with Gasteiger partial charge in [-0.3, -0.25) is 19.2 Å². The van der Waals surface area contributed by atoms with Gasteiger partial charge in [0, 0.05) is 79.4 Å². The molecule has 3 aliphatic heterocycles. The summed E-state index contributed by atoms with van der Waals surface area (Å²) in [4.78, 5) is 57.3. The van der Waals surface area contributed by atoms with Crippen LogP contribution >= 0.6 is 34.5 Å². The van der Waals surface area contributed by atoms with E-state index in [-0.39, 0.29) is 53.8 Å². The molecule has 7 atom stereocenters. The van der Waals surface area contributed by atoms with Gasteiger partial charge in [-0.1, -0.05) is 62.4 Å². The number of hydrogen-bond donors (Lipinski definition) is 1. The predicted octanol–water partition coefficient (Wildman–Crippen LogP) is 8.74. The Balaban J connectivity index is 1.13. The van der Waals surface area contributed by atoms with Gasteiger partial charge in [0.25, 0.3) is 11.8 Å². The molecule has 1 saturated heterocycles. The van der Waals surface area contributed by atoms with Gasteiger partial charge in [-0.25, -0.2) is 0 Å². The normalized spacial score (nSPS) is 23.8. The SMILES string of the molecule is CC[C@H]1O[C@@H](Oc2cc3c(c4ccccc24)[C@H](CCl)CN3C(=O)c2ccc(C(=O)N3C[C@@H](CCl)c4c3cc(O)c3ccccc43)s2)[C@H](OC(C)=O)[C@@H](OC(C)=O)[C@H]1C. The number of aromatic hydroxyl groups is 1. The molecule has 0 aliphatic carbocycles. The average Bonchev–Trinajstić information content (AvgIpc) is 3.96. The molecule has 14 heteroatoms. The molecule has 0 unspecified atom stereocenters. The number of amides is 2. The number of carbonyl (C=O) groups is 4. The molecule has 302 valence electrons. The van der Waals surface area contributed by atoms with Crippen LogP contribution in [0.15, 0.2) is 72.8 Å². The summed E-state index contributed by atoms with van der Waals surface area (Å²) in [6, 6.07) is 21.8. The van der Waals surface area contributed by atoms with Gasteiger partial charge in [0.15, 0.2) is 0 Å². The summed E-state index contributed by atoms with van der Waals surface area (Å²) in [6.07, 6.45) is -2.86. The highest BCUT2D eigenvalue weighted by Gasteiger charge is 2.49. The van der Waals surface area contributed by atoms with Gasteiger partial charge < -0.3 is 33.9 Å². The first kappa shape index (κ1) is 39.9. The Hall–Kier alpha value is -4.88. The van der Waals surface area contributed by atoms with E-state index < -0.39 is 30.4 Å². The molecule has 4 aromatic carbocycles. The van der Waals surface area contributed by atoms with Gasteiger partial charge in [-0.05, 0) is 40.5 Å². The standard InChI is InChI=1S/C44H42Cl2N2O9S/c1-5-34-22(2)40(54-23(3)49)41(55-24(4)50)44(56-34)57-35-17-32-39(30-13-9-7-11-28(30)35)26(19-46)21-48(32)43(53)37-15-14-36(58-37)42(52)47-20-25(18-45)38-29-12-8-6-10-27(29)33(51)16-31(38)47/h6-17,22,25-26,34,40-41,44,51H,5,18-21H2,1-4H3/t22-,25+,26+,34+,40-,41+,44-/m0/s1. The summed E-state index contributed by atoms with van der Waals surface area (Å²) < 4.78 is 24.5. The average molecular weight is 846 g/mol. The Kier molecular flexibility index (Phi) is 11.0. The zero-order valence-electron chi connectivity index (χ0n) is 32.3. The Bertz CT molecular complexity index is 2450. The number of hydrogen-bond acceptors (Lipinski definition) is 10. The van der Waals surface area contributed by atoms with Crippen molar-refractivity contribution < 1.29 is 43.2 Å². The summed E-state index contributed by atoms with van der Waals surface area (Å²) in [6.45, 7) is 7.03. The van der Waals surface area contributed by atoms with E-state index >= 15 is 0 Å². The number of esters is 2. The fraction of sp³-hybridized carbons (Fsp3) is 0.364. The fourth-order valence-electron chi connectivity index (χ4n) is 8.81. The highest BCUT2D eigenvalue weighted by molar-refractivity contribution is 7.16. The lowest BCUT2D eigenvalue weighted by Gasteiger charge is -2.44. The summed E-state index contributed by atoms with van der Waals surface area (Å²) in [5.74, 6) is -1.40. The molecule has 5 aromatic rings. The van der Waals surface area contributed by atoms with Gasteiger partial charge in [0.2, 0.25) is 12.4 Å². The molecule has 11 nitrogen and oxygen atoms in total. The number of rotatable bonds is 9. The van der Waals surface area contributed by atoms with Crippen LogP contribution in [0, 0.1) is 5.92 Å². The lowest BCUT2D eigenvalue weighted by atomic mass is 9.89. The monoisotopic (exact) mass is 844 g/mol. The van der Waals surface area contributed by atoms with E-state index in [1.165, 1.54) is 13.8 Å². The van der Waals surface area contributed by atoms with Crippen molar-refractivity contribution in [2.24, 2.45) is 5.92 Å². The first-order valence-corrected chi connectivity index (χ1v) is 21.1. The molecule has 0 radical (unpaired) electrons. The molecule has 0 spiro atoms. The highest BCUT2D eigenvalue weighted by Crippen LogP contribution is 2.48. The Morgan fingerprint density at radius 3 is 1.79 bits per heavy atom. The van der Waals surface area contributed by atoms with Crippen molar-refractivity contribution in [2.45, 2.75) is 70.6 Å². The third-order valence-electron chi connectivity index (χ3n) is 11.4. The van der Waals surface area contributed by atoms with Crippen molar-refractivity contribution in [3.05, 3.63) is 93.7 Å². The first-order valence-electron chi connectivity index (χ1n) is 19.3. The van der Waals surface area contributed by atoms with Crippen molar-refractivity contribution in [1.82, 2.24) is 0 Å². The number of ether oxygens (including phenoxy) is 4. The number of nitrogens with zero attached hydrogens (tertiary/aromatic N) is 2. The van der Waals surface area contributed by atoms with E-state index in [0.717, 1.165) is 38.6 Å². The van der Waals surface area contributed by atoms with Crippen LogP contribution in [0.4, 0.5) is 11.4 Å². The summed E-state index contributed by atoms with van der Waals surface area (Å²) in [5, 5.41) is 14.0. The van der Waals surface area contributed by atoms with Gasteiger partial charge in [0.05, 0.1) is 27.2 Å². The number of anilines is 2.